The summed E-state index contributed by atoms with van der Waals surface area (Å²) in [5.41, 5.74) is 3.25. The van der Waals surface area contributed by atoms with Crippen molar-refractivity contribution >= 4 is 22.8 Å². The molecule has 0 saturated carbocycles. The highest BCUT2D eigenvalue weighted by Gasteiger charge is 2.28. The van der Waals surface area contributed by atoms with Gasteiger partial charge < -0.3 is 9.80 Å². The Morgan fingerprint density at radius 2 is 1.62 bits per heavy atom. The molecule has 1 saturated heterocycles. The summed E-state index contributed by atoms with van der Waals surface area (Å²) < 4.78 is 1.84. The van der Waals surface area contributed by atoms with Crippen LogP contribution in [0.2, 0.25) is 0 Å². The molecule has 1 aliphatic rings. The molecule has 0 bridgehead atoms. The first-order valence-electron chi connectivity index (χ1n) is 11.3. The van der Waals surface area contributed by atoms with Crippen LogP contribution < -0.4 is 0 Å². The van der Waals surface area contributed by atoms with E-state index in [1.807, 2.05) is 54.9 Å². The molecule has 1 aromatic carbocycles. The van der Waals surface area contributed by atoms with E-state index < -0.39 is 0 Å². The van der Waals surface area contributed by atoms with Crippen molar-refractivity contribution in [2.24, 2.45) is 0 Å². The maximum absolute atomic E-state index is 13.7. The molecule has 34 heavy (non-hydrogen) atoms. The van der Waals surface area contributed by atoms with Crippen LogP contribution in [0.5, 0.6) is 0 Å². The van der Waals surface area contributed by atoms with E-state index in [4.69, 9.17) is 4.98 Å². The van der Waals surface area contributed by atoms with Crippen LogP contribution in [-0.2, 0) is 0 Å². The quantitative estimate of drug-likeness (QED) is 0.469. The van der Waals surface area contributed by atoms with Gasteiger partial charge in [-0.2, -0.15) is 5.10 Å². The number of benzene rings is 1. The fourth-order valence-corrected chi connectivity index (χ4v) is 4.18. The van der Waals surface area contributed by atoms with Crippen LogP contribution in [0.25, 0.3) is 22.3 Å². The zero-order chi connectivity index (χ0) is 23.7. The number of aromatic nitrogens is 5. The first-order chi connectivity index (χ1) is 16.5. The number of nitrogens with zero attached hydrogens (tertiary/aromatic N) is 7. The molecule has 5 rings (SSSR count). The van der Waals surface area contributed by atoms with Gasteiger partial charge in [0.2, 0.25) is 0 Å². The van der Waals surface area contributed by atoms with Gasteiger partial charge in [0.15, 0.2) is 5.65 Å². The molecule has 0 spiro atoms. The van der Waals surface area contributed by atoms with Gasteiger partial charge in [-0.25, -0.2) is 14.6 Å². The average Bonchev–Trinajstić information content (AvgIpc) is 3.33. The first-order valence-corrected chi connectivity index (χ1v) is 11.3. The Kier molecular flexibility index (Phi) is 5.75. The molecule has 0 aliphatic carbocycles. The van der Waals surface area contributed by atoms with Gasteiger partial charge in [0.05, 0.1) is 29.0 Å². The molecule has 1 aliphatic heterocycles. The molecular weight excluding hydrogens is 430 g/mol. The Bertz CT molecular complexity index is 1330. The minimum atomic E-state index is -0.170. The van der Waals surface area contributed by atoms with Gasteiger partial charge in [-0.1, -0.05) is 30.3 Å². The molecule has 172 valence electrons. The SMILES string of the molecule is CC(C)n1ncc2c(C(=O)N3CCN(C(=O)c4cnccn4)CC3)cc(-c3ccccc3)nc21. The lowest BCUT2D eigenvalue weighted by Crippen LogP contribution is -2.50. The molecule has 2 amide bonds. The summed E-state index contributed by atoms with van der Waals surface area (Å²) in [4.78, 5) is 42.8. The number of rotatable bonds is 4. The summed E-state index contributed by atoms with van der Waals surface area (Å²) in [5.74, 6) is -0.254. The van der Waals surface area contributed by atoms with Gasteiger partial charge in [0.1, 0.15) is 5.69 Å². The normalized spacial score (nSPS) is 14.1. The van der Waals surface area contributed by atoms with Crippen molar-refractivity contribution in [1.29, 1.82) is 0 Å². The molecule has 0 atom stereocenters. The fourth-order valence-electron chi connectivity index (χ4n) is 4.18. The molecule has 4 aromatic rings. The number of piperazine rings is 1. The van der Waals surface area contributed by atoms with Crippen molar-refractivity contribution in [2.75, 3.05) is 26.2 Å². The molecule has 1 fully saturated rings. The molecule has 3 aromatic heterocycles. The lowest BCUT2D eigenvalue weighted by molar-refractivity contribution is 0.0533. The molecule has 4 heterocycles. The lowest BCUT2D eigenvalue weighted by Gasteiger charge is -2.34. The van der Waals surface area contributed by atoms with Crippen molar-refractivity contribution in [1.82, 2.24) is 34.5 Å². The predicted octanol–water partition coefficient (Wildman–Crippen LogP) is 3.07. The van der Waals surface area contributed by atoms with Gasteiger partial charge in [0, 0.05) is 50.2 Å². The van der Waals surface area contributed by atoms with Gasteiger partial charge in [-0.15, -0.1) is 0 Å². The van der Waals surface area contributed by atoms with E-state index in [2.05, 4.69) is 15.1 Å². The lowest BCUT2D eigenvalue weighted by atomic mass is 10.1. The number of carbonyl (C=O) groups excluding carboxylic acids is 2. The number of carbonyl (C=O) groups is 2. The van der Waals surface area contributed by atoms with Crippen molar-refractivity contribution < 1.29 is 9.59 Å². The van der Waals surface area contributed by atoms with E-state index in [1.54, 1.807) is 16.0 Å². The third-order valence-electron chi connectivity index (χ3n) is 5.99. The molecule has 0 radical (unpaired) electrons. The summed E-state index contributed by atoms with van der Waals surface area (Å²) in [7, 11) is 0. The van der Waals surface area contributed by atoms with Gasteiger partial charge in [-0.3, -0.25) is 14.6 Å². The fraction of sp³-hybridized carbons (Fsp3) is 0.280. The second kappa shape index (κ2) is 9.01. The van der Waals surface area contributed by atoms with Crippen LogP contribution in [0, 0.1) is 0 Å². The molecule has 9 nitrogen and oxygen atoms in total. The third kappa shape index (κ3) is 4.00. The highest BCUT2D eigenvalue weighted by molar-refractivity contribution is 6.06. The summed E-state index contributed by atoms with van der Waals surface area (Å²) in [6.45, 7) is 5.83. The van der Waals surface area contributed by atoms with Gasteiger partial charge in [-0.05, 0) is 19.9 Å². The van der Waals surface area contributed by atoms with Crippen molar-refractivity contribution in [3.63, 3.8) is 0 Å². The van der Waals surface area contributed by atoms with Crippen molar-refractivity contribution in [3.8, 4) is 11.3 Å². The molecular formula is C25H25N7O2. The van der Waals surface area contributed by atoms with Crippen LogP contribution in [0.1, 0.15) is 40.7 Å². The second-order valence-corrected chi connectivity index (χ2v) is 8.52. The van der Waals surface area contributed by atoms with Gasteiger partial charge >= 0.3 is 0 Å². The Hall–Kier alpha value is -4.14. The number of pyridine rings is 1. The van der Waals surface area contributed by atoms with Crippen LogP contribution in [-0.4, -0.2) is 72.5 Å². The zero-order valence-corrected chi connectivity index (χ0v) is 19.1. The van der Waals surface area contributed by atoms with E-state index in [1.165, 1.54) is 18.6 Å². The van der Waals surface area contributed by atoms with Crippen LogP contribution in [0.4, 0.5) is 0 Å². The largest absolute Gasteiger partial charge is 0.335 e. The number of amides is 2. The Labute approximate surface area is 197 Å². The van der Waals surface area contributed by atoms with Crippen LogP contribution >= 0.6 is 0 Å². The van der Waals surface area contributed by atoms with Crippen LogP contribution in [0.3, 0.4) is 0 Å². The molecule has 0 unspecified atom stereocenters. The maximum atomic E-state index is 13.7. The van der Waals surface area contributed by atoms with E-state index in [0.717, 1.165) is 16.6 Å². The zero-order valence-electron chi connectivity index (χ0n) is 19.1. The van der Waals surface area contributed by atoms with E-state index in [-0.39, 0.29) is 17.9 Å². The second-order valence-electron chi connectivity index (χ2n) is 8.52. The highest BCUT2D eigenvalue weighted by atomic mass is 16.2. The molecule has 9 heteroatoms. The van der Waals surface area contributed by atoms with E-state index >= 15 is 0 Å². The third-order valence-corrected chi connectivity index (χ3v) is 5.99. The average molecular weight is 456 g/mol. The van der Waals surface area contributed by atoms with Crippen molar-refractivity contribution in [2.45, 2.75) is 19.9 Å². The monoisotopic (exact) mass is 455 g/mol. The molecule has 0 N–H and O–H groups in total. The summed E-state index contributed by atoms with van der Waals surface area (Å²) in [5, 5.41) is 5.24. The Balaban J connectivity index is 1.44. The Morgan fingerprint density at radius 3 is 2.26 bits per heavy atom. The number of hydrogen-bond acceptors (Lipinski definition) is 6. The summed E-state index contributed by atoms with van der Waals surface area (Å²) in [6.07, 6.45) is 6.22. The maximum Gasteiger partial charge on any atom is 0.274 e. The Morgan fingerprint density at radius 1 is 0.912 bits per heavy atom. The highest BCUT2D eigenvalue weighted by Crippen LogP contribution is 2.27. The smallest absolute Gasteiger partial charge is 0.274 e. The van der Waals surface area contributed by atoms with Crippen LogP contribution in [0.15, 0.2) is 61.2 Å². The first kappa shape index (κ1) is 21.7. The number of hydrogen-bond donors (Lipinski definition) is 0. The standard InChI is InChI=1S/C25H25N7O2/c1-17(2)32-23-20(15-28-32)19(14-21(29-23)18-6-4-3-5-7-18)24(33)30-10-12-31(13-11-30)25(34)22-16-26-8-9-27-22/h3-9,14-17H,10-13H2,1-2H3. The summed E-state index contributed by atoms with van der Waals surface area (Å²) in [6, 6.07) is 11.8. The predicted molar refractivity (Wildman–Crippen MR) is 127 cm³/mol. The van der Waals surface area contributed by atoms with Crippen molar-refractivity contribution in [3.05, 3.63) is 72.4 Å². The minimum absolute atomic E-state index is 0.0838. The van der Waals surface area contributed by atoms with Gasteiger partial charge in [0.25, 0.3) is 11.8 Å². The topological polar surface area (TPSA) is 97.1 Å². The van der Waals surface area contributed by atoms with E-state index in [9.17, 15) is 9.59 Å². The number of fused-ring (bicyclic) bond motifs is 1. The summed E-state index contributed by atoms with van der Waals surface area (Å²) >= 11 is 0. The minimum Gasteiger partial charge on any atom is -0.335 e. The van der Waals surface area contributed by atoms with E-state index in [0.29, 0.717) is 43.1 Å².